The van der Waals surface area contributed by atoms with E-state index in [4.69, 9.17) is 4.42 Å². The second-order valence-corrected chi connectivity index (χ2v) is 19.3. The summed E-state index contributed by atoms with van der Waals surface area (Å²) < 4.78 is 9.33. The molecule has 3 aliphatic rings. The third kappa shape index (κ3) is 4.43. The molecule has 0 radical (unpaired) electrons. The van der Waals surface area contributed by atoms with E-state index >= 15 is 0 Å². The summed E-state index contributed by atoms with van der Waals surface area (Å²) in [4.78, 5) is 2.61. The molecule has 0 saturated heterocycles. The summed E-state index contributed by atoms with van der Waals surface area (Å²) in [5, 5.41) is 7.21. The Bertz CT molecular complexity index is 4120. The number of hydrogen-bond acceptors (Lipinski definition) is 2. The molecule has 0 amide bonds. The van der Waals surface area contributed by atoms with Crippen molar-refractivity contribution in [3.63, 3.8) is 0 Å². The van der Waals surface area contributed by atoms with Gasteiger partial charge in [-0.2, -0.15) is 0 Å². The molecule has 3 nitrogen and oxygen atoms in total. The van der Waals surface area contributed by atoms with E-state index < -0.39 is 5.41 Å². The molecule has 66 heavy (non-hydrogen) atoms. The maximum absolute atomic E-state index is 6.75. The van der Waals surface area contributed by atoms with Gasteiger partial charge in [-0.3, -0.25) is 0 Å². The van der Waals surface area contributed by atoms with Crippen LogP contribution < -0.4 is 4.90 Å². The van der Waals surface area contributed by atoms with Crippen molar-refractivity contribution >= 4 is 71.6 Å². The van der Waals surface area contributed by atoms with Crippen molar-refractivity contribution in [1.29, 1.82) is 0 Å². The highest BCUT2D eigenvalue weighted by atomic mass is 16.3. The fraction of sp³-hybridized carbons (Fsp3) is 0.0794. The van der Waals surface area contributed by atoms with Crippen molar-refractivity contribution in [1.82, 2.24) is 4.57 Å². The molecule has 1 aliphatic heterocycles. The van der Waals surface area contributed by atoms with E-state index in [1.165, 1.54) is 111 Å². The van der Waals surface area contributed by atoms with Crippen LogP contribution in [0, 0.1) is 0 Å². The van der Waals surface area contributed by atoms with Crippen LogP contribution in [0.3, 0.4) is 0 Å². The predicted molar refractivity (Wildman–Crippen MR) is 274 cm³/mol. The van der Waals surface area contributed by atoms with E-state index in [0.717, 1.165) is 27.6 Å². The number of furan rings is 1. The lowest BCUT2D eigenvalue weighted by Gasteiger charge is -2.37. The zero-order valence-electron chi connectivity index (χ0n) is 36.9. The van der Waals surface area contributed by atoms with E-state index in [1.54, 1.807) is 0 Å². The van der Waals surface area contributed by atoms with E-state index in [-0.39, 0.29) is 5.41 Å². The first-order valence-electron chi connectivity index (χ1n) is 23.2. The summed E-state index contributed by atoms with van der Waals surface area (Å²) in [6.45, 7) is 7.31. The molecule has 15 rings (SSSR count). The van der Waals surface area contributed by atoms with Crippen LogP contribution in [0.5, 0.6) is 0 Å². The van der Waals surface area contributed by atoms with Crippen molar-refractivity contribution in [3.05, 3.63) is 228 Å². The molecular formula is C63H42N2O. The lowest BCUT2D eigenvalue weighted by atomic mass is 9.72. The third-order valence-electron chi connectivity index (χ3n) is 15.7. The van der Waals surface area contributed by atoms with Gasteiger partial charge in [-0.25, -0.2) is 0 Å². The van der Waals surface area contributed by atoms with Gasteiger partial charge < -0.3 is 13.9 Å². The van der Waals surface area contributed by atoms with Crippen molar-refractivity contribution < 1.29 is 4.42 Å². The standard InChI is InChI=1S/C63H42N2O/c1-62(2)49-24-10-6-18-41(49)47-23-15-28-53(59(47)62)64(40-32-33-45-44-21-9-13-29-55(44)66-56(45)35-40)54-36-48-43-20-8-12-27-52(43)65-51-26-11-7-19-42(51)46-22-14-25-50-57(46)58(61(48)65)60(54)63(50,3)39-31-30-37-16-4-5-17-38(37)34-39/h4-36H,1-3H3. The molecule has 1 atom stereocenters. The van der Waals surface area contributed by atoms with Gasteiger partial charge in [0.15, 0.2) is 0 Å². The first-order valence-corrected chi connectivity index (χ1v) is 23.2. The summed E-state index contributed by atoms with van der Waals surface area (Å²) >= 11 is 0. The van der Waals surface area contributed by atoms with Crippen molar-refractivity contribution in [2.45, 2.75) is 31.6 Å². The van der Waals surface area contributed by atoms with E-state index in [2.05, 4.69) is 230 Å². The Morgan fingerprint density at radius 1 is 0.439 bits per heavy atom. The van der Waals surface area contributed by atoms with Gasteiger partial charge in [0.2, 0.25) is 0 Å². The number of para-hydroxylation sites is 3. The number of hydrogen-bond donors (Lipinski definition) is 0. The zero-order chi connectivity index (χ0) is 43.6. The number of anilines is 3. The quantitative estimate of drug-likeness (QED) is 0.176. The fourth-order valence-electron chi connectivity index (χ4n) is 12.8. The Labute approximate surface area is 382 Å². The van der Waals surface area contributed by atoms with Crippen LogP contribution in [-0.4, -0.2) is 4.57 Å². The van der Waals surface area contributed by atoms with E-state index in [9.17, 15) is 0 Å². The van der Waals surface area contributed by atoms with Crippen LogP contribution in [0.4, 0.5) is 17.1 Å². The highest BCUT2D eigenvalue weighted by Crippen LogP contribution is 2.64. The molecule has 3 heterocycles. The Morgan fingerprint density at radius 2 is 1.14 bits per heavy atom. The van der Waals surface area contributed by atoms with Gasteiger partial charge >= 0.3 is 0 Å². The predicted octanol–water partition coefficient (Wildman–Crippen LogP) is 16.9. The van der Waals surface area contributed by atoms with Crippen molar-refractivity contribution in [2.75, 3.05) is 4.90 Å². The molecule has 0 N–H and O–H groups in total. The molecule has 0 saturated carbocycles. The Morgan fingerprint density at radius 3 is 2.05 bits per heavy atom. The number of rotatable bonds is 4. The van der Waals surface area contributed by atoms with E-state index in [1.807, 2.05) is 0 Å². The molecule has 1 unspecified atom stereocenters. The summed E-state index contributed by atoms with van der Waals surface area (Å²) in [5.74, 6) is 0. The zero-order valence-corrected chi connectivity index (χ0v) is 36.9. The largest absolute Gasteiger partial charge is 0.456 e. The van der Waals surface area contributed by atoms with Crippen LogP contribution in [0.1, 0.15) is 48.6 Å². The Kier molecular flexibility index (Phi) is 6.89. The first-order chi connectivity index (χ1) is 32.4. The number of nitrogens with zero attached hydrogens (tertiary/aromatic N) is 2. The van der Waals surface area contributed by atoms with Gasteiger partial charge in [-0.05, 0) is 111 Å². The highest BCUT2D eigenvalue weighted by Gasteiger charge is 2.48. The SMILES string of the molecule is CC1(C)c2ccccc2-c2cccc(N(c3ccc4c(c3)oc3ccccc34)c3cc4c5ccccc5n5c4c4c3C(C)(c3ccc6ccccc6c3)c3cccc(c3-4)-c3ccccc3-5)c21. The molecule has 10 aromatic carbocycles. The van der Waals surface area contributed by atoms with Gasteiger partial charge in [0.25, 0.3) is 0 Å². The monoisotopic (exact) mass is 842 g/mol. The van der Waals surface area contributed by atoms with Crippen LogP contribution in [0.2, 0.25) is 0 Å². The first kappa shape index (κ1) is 36.2. The molecule has 3 heteroatoms. The summed E-state index contributed by atoms with van der Waals surface area (Å²) in [5.41, 5.74) is 22.3. The lowest BCUT2D eigenvalue weighted by Crippen LogP contribution is -2.27. The maximum Gasteiger partial charge on any atom is 0.137 e. The van der Waals surface area contributed by atoms with Crippen LogP contribution in [0.15, 0.2) is 205 Å². The average molecular weight is 843 g/mol. The van der Waals surface area contributed by atoms with Crippen LogP contribution in [-0.2, 0) is 10.8 Å². The van der Waals surface area contributed by atoms with Crippen molar-refractivity contribution in [2.24, 2.45) is 0 Å². The minimum Gasteiger partial charge on any atom is -0.456 e. The Hall–Kier alpha value is -8.14. The van der Waals surface area contributed by atoms with Gasteiger partial charge in [0.05, 0.1) is 28.1 Å². The normalized spacial score (nSPS) is 16.0. The summed E-state index contributed by atoms with van der Waals surface area (Å²) in [6.07, 6.45) is 0. The van der Waals surface area contributed by atoms with Gasteiger partial charge in [0.1, 0.15) is 11.2 Å². The topological polar surface area (TPSA) is 21.3 Å². The van der Waals surface area contributed by atoms with Crippen LogP contribution >= 0.6 is 0 Å². The molecule has 310 valence electrons. The maximum atomic E-state index is 6.75. The molecule has 0 bridgehead atoms. The smallest absolute Gasteiger partial charge is 0.137 e. The molecule has 2 aliphatic carbocycles. The van der Waals surface area contributed by atoms with Gasteiger partial charge in [-0.15, -0.1) is 0 Å². The minimum atomic E-state index is -0.569. The number of aromatic nitrogens is 1. The second kappa shape index (κ2) is 12.6. The molecule has 2 aromatic heterocycles. The lowest BCUT2D eigenvalue weighted by molar-refractivity contribution is 0.660. The minimum absolute atomic E-state index is 0.282. The second-order valence-electron chi connectivity index (χ2n) is 19.3. The summed E-state index contributed by atoms with van der Waals surface area (Å²) in [6, 6.07) is 74.9. The molecule has 0 spiro atoms. The van der Waals surface area contributed by atoms with Crippen LogP contribution in [0.25, 0.3) is 93.6 Å². The molecule has 12 aromatic rings. The molecule has 0 fully saturated rings. The van der Waals surface area contributed by atoms with Gasteiger partial charge in [0, 0.05) is 60.8 Å². The number of fused-ring (bicyclic) bond motifs is 13. The van der Waals surface area contributed by atoms with Crippen molar-refractivity contribution in [3.8, 4) is 39.1 Å². The highest BCUT2D eigenvalue weighted by molar-refractivity contribution is 6.21. The molecular weight excluding hydrogens is 801 g/mol. The number of benzene rings is 10. The third-order valence-corrected chi connectivity index (χ3v) is 15.7. The fourth-order valence-corrected chi connectivity index (χ4v) is 12.8. The van der Waals surface area contributed by atoms with E-state index in [0.29, 0.717) is 0 Å². The van der Waals surface area contributed by atoms with Gasteiger partial charge in [-0.1, -0.05) is 159 Å². The average Bonchev–Trinajstić information content (AvgIpc) is 4.03. The Balaban J connectivity index is 1.15. The summed E-state index contributed by atoms with van der Waals surface area (Å²) in [7, 11) is 0.